The summed E-state index contributed by atoms with van der Waals surface area (Å²) >= 11 is 6.36. The number of halogens is 1. The van der Waals surface area contributed by atoms with Crippen LogP contribution < -0.4 is 5.32 Å². The van der Waals surface area contributed by atoms with Crippen molar-refractivity contribution in [3.8, 4) is 0 Å². The molecule has 1 N–H and O–H groups in total. The summed E-state index contributed by atoms with van der Waals surface area (Å²) in [6, 6.07) is 0.00685. The minimum Gasteiger partial charge on any atom is -0.466 e. The molecular formula is C15H22ClN3O. The fourth-order valence-corrected chi connectivity index (χ4v) is 2.94. The van der Waals surface area contributed by atoms with Crippen molar-refractivity contribution >= 4 is 11.6 Å². The Morgan fingerprint density at radius 3 is 2.50 bits per heavy atom. The van der Waals surface area contributed by atoms with Gasteiger partial charge in [-0.25, -0.2) is 0 Å². The summed E-state index contributed by atoms with van der Waals surface area (Å²) < 4.78 is 7.71. The van der Waals surface area contributed by atoms with Gasteiger partial charge in [0, 0.05) is 12.1 Å². The van der Waals surface area contributed by atoms with Crippen LogP contribution >= 0.6 is 11.6 Å². The average Bonchev–Trinajstić information content (AvgIpc) is 2.89. The lowest BCUT2D eigenvalue weighted by Gasteiger charge is -2.20. The summed E-state index contributed by atoms with van der Waals surface area (Å²) in [7, 11) is 0. The van der Waals surface area contributed by atoms with E-state index < -0.39 is 0 Å². The van der Waals surface area contributed by atoms with E-state index >= 15 is 0 Å². The highest BCUT2D eigenvalue weighted by molar-refractivity contribution is 6.31. The zero-order chi connectivity index (χ0) is 14.9. The Labute approximate surface area is 125 Å². The minimum absolute atomic E-state index is 0.00685. The first-order chi connectivity index (χ1) is 9.51. The molecule has 2 heterocycles. The van der Waals surface area contributed by atoms with Crippen molar-refractivity contribution in [2.45, 2.75) is 47.2 Å². The first kappa shape index (κ1) is 15.1. The van der Waals surface area contributed by atoms with E-state index in [2.05, 4.69) is 31.2 Å². The molecule has 0 saturated carbocycles. The second-order valence-electron chi connectivity index (χ2n) is 4.94. The molecule has 0 spiro atoms. The Morgan fingerprint density at radius 1 is 1.30 bits per heavy atom. The van der Waals surface area contributed by atoms with Crippen molar-refractivity contribution < 1.29 is 4.42 Å². The number of aryl methyl sites for hydroxylation is 3. The Hall–Kier alpha value is -1.26. The highest BCUT2D eigenvalue weighted by Crippen LogP contribution is 2.34. The first-order valence-corrected chi connectivity index (χ1v) is 7.40. The molecule has 0 fully saturated rings. The van der Waals surface area contributed by atoms with Gasteiger partial charge in [0.15, 0.2) is 0 Å². The van der Waals surface area contributed by atoms with E-state index in [0.29, 0.717) is 5.02 Å². The number of aromatic nitrogens is 2. The molecule has 0 radical (unpaired) electrons. The normalized spacial score (nSPS) is 12.9. The third kappa shape index (κ3) is 2.50. The molecule has 110 valence electrons. The molecule has 2 rings (SSSR count). The van der Waals surface area contributed by atoms with Crippen LogP contribution in [-0.4, -0.2) is 16.3 Å². The van der Waals surface area contributed by atoms with Crippen molar-refractivity contribution in [2.75, 3.05) is 6.54 Å². The number of hydrogen-bond donors (Lipinski definition) is 1. The van der Waals surface area contributed by atoms with Gasteiger partial charge in [-0.3, -0.25) is 4.68 Å². The van der Waals surface area contributed by atoms with Crippen LogP contribution in [0.15, 0.2) is 10.6 Å². The van der Waals surface area contributed by atoms with E-state index in [4.69, 9.17) is 16.0 Å². The lowest BCUT2D eigenvalue weighted by Crippen LogP contribution is -2.26. The molecule has 0 aliphatic rings. The average molecular weight is 296 g/mol. The molecule has 0 saturated heterocycles. The highest BCUT2D eigenvalue weighted by Gasteiger charge is 2.26. The van der Waals surface area contributed by atoms with Crippen molar-refractivity contribution in [1.82, 2.24) is 15.1 Å². The zero-order valence-electron chi connectivity index (χ0n) is 12.7. The van der Waals surface area contributed by atoms with Gasteiger partial charge in [-0.2, -0.15) is 5.10 Å². The molecule has 1 unspecified atom stereocenters. The van der Waals surface area contributed by atoms with Gasteiger partial charge in [-0.1, -0.05) is 18.5 Å². The molecule has 5 heteroatoms. The van der Waals surface area contributed by atoms with Crippen LogP contribution in [0.3, 0.4) is 0 Å². The van der Waals surface area contributed by atoms with Gasteiger partial charge < -0.3 is 9.73 Å². The van der Waals surface area contributed by atoms with Crippen LogP contribution in [0.4, 0.5) is 0 Å². The van der Waals surface area contributed by atoms with Crippen molar-refractivity contribution in [3.63, 3.8) is 0 Å². The summed E-state index contributed by atoms with van der Waals surface area (Å²) in [6.45, 7) is 11.9. The van der Waals surface area contributed by atoms with Crippen LogP contribution in [-0.2, 0) is 6.54 Å². The van der Waals surface area contributed by atoms with Crippen LogP contribution in [0.5, 0.6) is 0 Å². The lowest BCUT2D eigenvalue weighted by atomic mass is 9.99. The second kappa shape index (κ2) is 6.02. The number of nitrogens with one attached hydrogen (secondary N) is 1. The maximum atomic E-state index is 6.36. The number of nitrogens with zero attached hydrogens (tertiary/aromatic N) is 2. The summed E-state index contributed by atoms with van der Waals surface area (Å²) in [5.41, 5.74) is 3.35. The van der Waals surface area contributed by atoms with Gasteiger partial charge in [0.2, 0.25) is 0 Å². The summed E-state index contributed by atoms with van der Waals surface area (Å²) in [6.07, 6.45) is 1.71. The highest BCUT2D eigenvalue weighted by atomic mass is 35.5. The van der Waals surface area contributed by atoms with Crippen LogP contribution in [0.25, 0.3) is 0 Å². The molecule has 2 aromatic heterocycles. The Bertz CT molecular complexity index is 601. The summed E-state index contributed by atoms with van der Waals surface area (Å²) in [5, 5.41) is 8.54. The van der Waals surface area contributed by atoms with Crippen molar-refractivity contribution in [3.05, 3.63) is 39.6 Å². The Morgan fingerprint density at radius 2 is 2.00 bits per heavy atom. The second-order valence-corrected chi connectivity index (χ2v) is 5.34. The third-order valence-electron chi connectivity index (χ3n) is 3.72. The van der Waals surface area contributed by atoms with Crippen molar-refractivity contribution in [1.29, 1.82) is 0 Å². The van der Waals surface area contributed by atoms with Gasteiger partial charge in [-0.05, 0) is 39.8 Å². The van der Waals surface area contributed by atoms with Gasteiger partial charge >= 0.3 is 0 Å². The molecule has 0 aromatic carbocycles. The lowest BCUT2D eigenvalue weighted by molar-refractivity contribution is 0.488. The van der Waals surface area contributed by atoms with E-state index in [9.17, 15) is 0 Å². The quantitative estimate of drug-likeness (QED) is 0.913. The predicted octanol–water partition coefficient (Wildman–Crippen LogP) is 3.77. The number of hydrogen-bond acceptors (Lipinski definition) is 3. The smallest absolute Gasteiger partial charge is 0.106 e. The van der Waals surface area contributed by atoms with E-state index in [-0.39, 0.29) is 6.04 Å². The molecule has 0 aliphatic carbocycles. The fraction of sp³-hybridized carbons (Fsp3) is 0.533. The minimum atomic E-state index is 0.00685. The molecule has 1 atom stereocenters. The summed E-state index contributed by atoms with van der Waals surface area (Å²) in [4.78, 5) is 0. The number of rotatable bonds is 5. The maximum Gasteiger partial charge on any atom is 0.106 e. The van der Waals surface area contributed by atoms with Gasteiger partial charge in [0.25, 0.3) is 0 Å². The van der Waals surface area contributed by atoms with Crippen molar-refractivity contribution in [2.24, 2.45) is 0 Å². The Kier molecular flexibility index (Phi) is 4.55. The summed E-state index contributed by atoms with van der Waals surface area (Å²) in [5.74, 6) is 1.89. The molecule has 2 aromatic rings. The molecular weight excluding hydrogens is 274 g/mol. The zero-order valence-corrected chi connectivity index (χ0v) is 13.5. The topological polar surface area (TPSA) is 43.0 Å². The van der Waals surface area contributed by atoms with Gasteiger partial charge in [-0.15, -0.1) is 0 Å². The monoisotopic (exact) mass is 295 g/mol. The fourth-order valence-electron chi connectivity index (χ4n) is 2.69. The molecule has 0 bridgehead atoms. The van der Waals surface area contributed by atoms with Crippen LogP contribution in [0.1, 0.15) is 48.2 Å². The largest absolute Gasteiger partial charge is 0.466 e. The SMILES string of the molecule is CCNC(c1c(C)oc(C)c1C)c1c(Cl)cnn1CC. The van der Waals surface area contributed by atoms with Gasteiger partial charge in [0.05, 0.1) is 23.0 Å². The maximum absolute atomic E-state index is 6.36. The van der Waals surface area contributed by atoms with E-state index in [0.717, 1.165) is 30.3 Å². The Balaban J connectivity index is 2.59. The standard InChI is InChI=1S/C15H22ClN3O/c1-6-17-14(13-9(3)10(4)20-11(13)5)15-12(16)8-18-19(15)7-2/h8,14,17H,6-7H2,1-5H3. The number of furan rings is 1. The van der Waals surface area contributed by atoms with Crippen LogP contribution in [0.2, 0.25) is 5.02 Å². The third-order valence-corrected chi connectivity index (χ3v) is 4.01. The van der Waals surface area contributed by atoms with E-state index in [1.54, 1.807) is 6.20 Å². The molecule has 20 heavy (non-hydrogen) atoms. The molecule has 4 nitrogen and oxygen atoms in total. The van der Waals surface area contributed by atoms with E-state index in [1.807, 2.05) is 18.5 Å². The van der Waals surface area contributed by atoms with Gasteiger partial charge in [0.1, 0.15) is 11.5 Å². The first-order valence-electron chi connectivity index (χ1n) is 7.02. The molecule has 0 aliphatic heterocycles. The van der Waals surface area contributed by atoms with E-state index in [1.165, 1.54) is 11.1 Å². The predicted molar refractivity (Wildman–Crippen MR) is 81.3 cm³/mol. The molecule has 0 amide bonds. The van der Waals surface area contributed by atoms with Crippen LogP contribution in [0, 0.1) is 20.8 Å².